The van der Waals surface area contributed by atoms with Crippen molar-refractivity contribution >= 4 is 28.2 Å². The number of nitrogens with zero attached hydrogens (tertiary/aromatic N) is 2. The maximum atomic E-state index is 12.5. The van der Waals surface area contributed by atoms with Crippen LogP contribution in [0.2, 0.25) is 0 Å². The number of thiazole rings is 1. The molecule has 3 heterocycles. The van der Waals surface area contributed by atoms with Crippen LogP contribution >= 0.6 is 11.3 Å². The summed E-state index contributed by atoms with van der Waals surface area (Å²) in [6.45, 7) is 4.03. The molecule has 0 unspecified atom stereocenters. The monoisotopic (exact) mass is 288 g/mol. The Labute approximate surface area is 117 Å². The molecule has 0 atom stereocenters. The minimum absolute atomic E-state index is 0.258. The fraction of sp³-hybridized carbons (Fsp3) is 0.231. The second kappa shape index (κ2) is 4.68. The summed E-state index contributed by atoms with van der Waals surface area (Å²) in [6, 6.07) is 0. The molecule has 2 N–H and O–H groups in total. The number of hydrogen-bond acceptors (Lipinski definition) is 5. The van der Waals surface area contributed by atoms with E-state index in [2.05, 4.69) is 19.9 Å². The molecular formula is C13H12N4O2S. The number of aromatic amines is 2. The van der Waals surface area contributed by atoms with Crippen LogP contribution in [-0.2, 0) is 0 Å². The van der Waals surface area contributed by atoms with E-state index in [9.17, 15) is 9.59 Å². The number of ketones is 1. The van der Waals surface area contributed by atoms with Gasteiger partial charge in [-0.1, -0.05) is 13.8 Å². The molecule has 0 aromatic carbocycles. The summed E-state index contributed by atoms with van der Waals surface area (Å²) in [4.78, 5) is 37.9. The molecule has 3 aromatic heterocycles. The predicted molar refractivity (Wildman–Crippen MR) is 76.3 cm³/mol. The van der Waals surface area contributed by atoms with Gasteiger partial charge in [0.2, 0.25) is 5.78 Å². The molecule has 0 saturated heterocycles. The molecule has 0 radical (unpaired) electrons. The van der Waals surface area contributed by atoms with E-state index in [0.29, 0.717) is 16.2 Å². The van der Waals surface area contributed by atoms with Gasteiger partial charge in [-0.25, -0.2) is 9.97 Å². The summed E-state index contributed by atoms with van der Waals surface area (Å²) in [6.07, 6.45) is 2.81. The van der Waals surface area contributed by atoms with E-state index in [-0.39, 0.29) is 22.6 Å². The maximum Gasteiger partial charge on any atom is 0.260 e. The van der Waals surface area contributed by atoms with Crippen LogP contribution in [0.1, 0.15) is 40.8 Å². The number of fused-ring (bicyclic) bond motifs is 1. The van der Waals surface area contributed by atoms with E-state index in [0.717, 1.165) is 5.69 Å². The molecule has 0 bridgehead atoms. The summed E-state index contributed by atoms with van der Waals surface area (Å²) in [5.41, 5.74) is 1.25. The Balaban J connectivity index is 2.10. The van der Waals surface area contributed by atoms with E-state index in [1.54, 1.807) is 0 Å². The Morgan fingerprint density at radius 1 is 1.35 bits per heavy atom. The lowest BCUT2D eigenvalue weighted by molar-refractivity contribution is 0.103. The van der Waals surface area contributed by atoms with Gasteiger partial charge in [0, 0.05) is 11.6 Å². The topological polar surface area (TPSA) is 91.5 Å². The average molecular weight is 288 g/mol. The summed E-state index contributed by atoms with van der Waals surface area (Å²) in [5, 5.41) is 2.53. The smallest absolute Gasteiger partial charge is 0.260 e. The van der Waals surface area contributed by atoms with Crippen LogP contribution in [-0.4, -0.2) is 25.7 Å². The van der Waals surface area contributed by atoms with Crippen LogP contribution in [0.4, 0.5) is 0 Å². The quantitative estimate of drug-likeness (QED) is 0.722. The van der Waals surface area contributed by atoms with Crippen LogP contribution in [0.5, 0.6) is 0 Å². The van der Waals surface area contributed by atoms with E-state index in [1.165, 1.54) is 23.9 Å². The molecule has 0 aliphatic rings. The first-order chi connectivity index (χ1) is 9.58. The van der Waals surface area contributed by atoms with Crippen molar-refractivity contribution in [1.82, 2.24) is 19.9 Å². The van der Waals surface area contributed by atoms with Crippen molar-refractivity contribution in [3.63, 3.8) is 0 Å². The van der Waals surface area contributed by atoms with Gasteiger partial charge in [0.1, 0.15) is 5.65 Å². The highest BCUT2D eigenvalue weighted by Gasteiger charge is 2.20. The summed E-state index contributed by atoms with van der Waals surface area (Å²) in [7, 11) is 0. The van der Waals surface area contributed by atoms with Gasteiger partial charge in [0.15, 0.2) is 5.01 Å². The highest BCUT2D eigenvalue weighted by atomic mass is 32.1. The zero-order chi connectivity index (χ0) is 14.3. The lowest BCUT2D eigenvalue weighted by atomic mass is 10.1. The lowest BCUT2D eigenvalue weighted by Crippen LogP contribution is -2.10. The third-order valence-electron chi connectivity index (χ3n) is 3.03. The lowest BCUT2D eigenvalue weighted by Gasteiger charge is -1.97. The largest absolute Gasteiger partial charge is 0.345 e. The van der Waals surface area contributed by atoms with Gasteiger partial charge in [0.05, 0.1) is 23.0 Å². The molecule has 0 fully saturated rings. The van der Waals surface area contributed by atoms with Crippen molar-refractivity contribution in [2.45, 2.75) is 19.8 Å². The molecule has 102 valence electrons. The van der Waals surface area contributed by atoms with Crippen molar-refractivity contribution in [2.24, 2.45) is 0 Å². The molecular weight excluding hydrogens is 276 g/mol. The number of carbonyl (C=O) groups excluding carboxylic acids is 1. The number of carbonyl (C=O) groups is 1. The maximum absolute atomic E-state index is 12.5. The third kappa shape index (κ3) is 1.96. The number of nitrogens with one attached hydrogen (secondary N) is 2. The second-order valence-electron chi connectivity index (χ2n) is 4.72. The predicted octanol–water partition coefficient (Wildman–Crippen LogP) is 2.06. The van der Waals surface area contributed by atoms with E-state index in [1.807, 2.05) is 19.2 Å². The molecule has 0 amide bonds. The van der Waals surface area contributed by atoms with Crippen LogP contribution in [0, 0.1) is 0 Å². The first-order valence-electron chi connectivity index (χ1n) is 6.13. The Bertz CT molecular complexity index is 843. The molecule has 20 heavy (non-hydrogen) atoms. The van der Waals surface area contributed by atoms with Crippen LogP contribution in [0.15, 0.2) is 22.7 Å². The van der Waals surface area contributed by atoms with Gasteiger partial charge in [-0.05, 0) is 5.92 Å². The van der Waals surface area contributed by atoms with Crippen LogP contribution < -0.4 is 5.56 Å². The SMILES string of the molecule is CC(C)c1csc(C(=O)c2c[nH]c3nc[nH]c(=O)c23)n1. The fourth-order valence-corrected chi connectivity index (χ4v) is 2.85. The molecule has 0 saturated carbocycles. The molecule has 0 aliphatic heterocycles. The summed E-state index contributed by atoms with van der Waals surface area (Å²) in [5.74, 6) is 0.00693. The normalized spacial score (nSPS) is 11.3. The zero-order valence-corrected chi connectivity index (χ0v) is 11.7. The minimum Gasteiger partial charge on any atom is -0.345 e. The van der Waals surface area contributed by atoms with Gasteiger partial charge in [-0.15, -0.1) is 11.3 Å². The van der Waals surface area contributed by atoms with Crippen molar-refractivity contribution in [3.05, 3.63) is 44.5 Å². The van der Waals surface area contributed by atoms with Crippen molar-refractivity contribution in [1.29, 1.82) is 0 Å². The molecule has 0 aliphatic carbocycles. The van der Waals surface area contributed by atoms with Crippen LogP contribution in [0.25, 0.3) is 11.0 Å². The van der Waals surface area contributed by atoms with Gasteiger partial charge in [-0.2, -0.15) is 0 Å². The summed E-state index contributed by atoms with van der Waals surface area (Å²) >= 11 is 1.29. The first-order valence-corrected chi connectivity index (χ1v) is 7.00. The number of aromatic nitrogens is 4. The van der Waals surface area contributed by atoms with E-state index >= 15 is 0 Å². The van der Waals surface area contributed by atoms with E-state index in [4.69, 9.17) is 0 Å². The van der Waals surface area contributed by atoms with Gasteiger partial charge < -0.3 is 9.97 Å². The Morgan fingerprint density at radius 2 is 2.15 bits per heavy atom. The zero-order valence-electron chi connectivity index (χ0n) is 10.9. The van der Waals surface area contributed by atoms with Crippen molar-refractivity contribution < 1.29 is 4.79 Å². The molecule has 3 aromatic rings. The minimum atomic E-state index is -0.333. The van der Waals surface area contributed by atoms with Crippen LogP contribution in [0.3, 0.4) is 0 Å². The highest BCUT2D eigenvalue weighted by molar-refractivity contribution is 7.12. The highest BCUT2D eigenvalue weighted by Crippen LogP contribution is 2.22. The molecule has 0 spiro atoms. The number of rotatable bonds is 3. The van der Waals surface area contributed by atoms with E-state index < -0.39 is 0 Å². The molecule has 3 rings (SSSR count). The van der Waals surface area contributed by atoms with Crippen molar-refractivity contribution in [3.8, 4) is 0 Å². The molecule has 7 heteroatoms. The Hall–Kier alpha value is -2.28. The van der Waals surface area contributed by atoms with Gasteiger partial charge in [0.25, 0.3) is 5.56 Å². The van der Waals surface area contributed by atoms with Gasteiger partial charge in [-0.3, -0.25) is 9.59 Å². The summed E-state index contributed by atoms with van der Waals surface area (Å²) < 4.78 is 0. The Morgan fingerprint density at radius 3 is 2.85 bits per heavy atom. The number of H-pyrrole nitrogens is 2. The van der Waals surface area contributed by atoms with Crippen molar-refractivity contribution in [2.75, 3.05) is 0 Å². The van der Waals surface area contributed by atoms with Gasteiger partial charge >= 0.3 is 0 Å². The standard InChI is InChI=1S/C13H12N4O2S/c1-6(2)8-4-20-13(17-8)10(18)7-3-14-11-9(7)12(19)16-5-15-11/h3-6H,1-2H3,(H2,14,15,16,19). The average Bonchev–Trinajstić information content (AvgIpc) is 3.05. The second-order valence-corrected chi connectivity index (χ2v) is 5.58. The molecule has 6 nitrogen and oxygen atoms in total. The Kier molecular flexibility index (Phi) is 2.98. The fourth-order valence-electron chi connectivity index (χ4n) is 1.92. The number of hydrogen-bond donors (Lipinski definition) is 2. The third-order valence-corrected chi connectivity index (χ3v) is 3.89. The first kappa shape index (κ1) is 12.7.